The van der Waals surface area contributed by atoms with Gasteiger partial charge in [0.15, 0.2) is 0 Å². The number of carbonyl (C=O) groups excluding carboxylic acids is 1. The molecule has 0 bridgehead atoms. The van der Waals surface area contributed by atoms with Gasteiger partial charge in [-0.05, 0) is 36.4 Å². The highest BCUT2D eigenvalue weighted by atomic mass is 79.9. The summed E-state index contributed by atoms with van der Waals surface area (Å²) in [6, 6.07) is 9.44. The molecule has 0 aliphatic heterocycles. The number of nitrogens with one attached hydrogen (secondary N) is 1. The van der Waals surface area contributed by atoms with Crippen LogP contribution in [-0.4, -0.2) is 5.91 Å². The molecule has 2 rings (SSSR count). The van der Waals surface area contributed by atoms with Crippen LogP contribution in [0.1, 0.15) is 11.3 Å². The first-order chi connectivity index (χ1) is 10.1. The van der Waals surface area contributed by atoms with Crippen LogP contribution in [0.25, 0.3) is 6.08 Å². The van der Waals surface area contributed by atoms with Crippen molar-refractivity contribution in [3.8, 4) is 6.07 Å². The van der Waals surface area contributed by atoms with Crippen molar-refractivity contribution in [2.24, 2.45) is 0 Å². The highest BCUT2D eigenvalue weighted by Crippen LogP contribution is 2.18. The lowest BCUT2D eigenvalue weighted by atomic mass is 10.1. The van der Waals surface area contributed by atoms with E-state index in [1.807, 2.05) is 0 Å². The standard InChI is InChI=1S/C15H10BrFN2O2/c16-12-3-4-14(17)10(7-12)6-11(8-18)15(20)19-9-13-2-1-5-21-13/h1-7H,9H2,(H,19,20)/b11-6+. The van der Waals surface area contributed by atoms with Gasteiger partial charge in [-0.25, -0.2) is 4.39 Å². The Morgan fingerprint density at radius 1 is 1.48 bits per heavy atom. The van der Waals surface area contributed by atoms with Gasteiger partial charge in [-0.3, -0.25) is 4.79 Å². The highest BCUT2D eigenvalue weighted by Gasteiger charge is 2.11. The van der Waals surface area contributed by atoms with Gasteiger partial charge in [0.2, 0.25) is 0 Å². The van der Waals surface area contributed by atoms with E-state index < -0.39 is 11.7 Å². The largest absolute Gasteiger partial charge is 0.467 e. The fraction of sp³-hybridized carbons (Fsp3) is 0.0667. The summed E-state index contributed by atoms with van der Waals surface area (Å²) in [5.41, 5.74) is -0.0207. The summed E-state index contributed by atoms with van der Waals surface area (Å²) in [5, 5.41) is 11.6. The Hall–Kier alpha value is -2.39. The van der Waals surface area contributed by atoms with Crippen LogP contribution in [0.5, 0.6) is 0 Å². The molecule has 106 valence electrons. The van der Waals surface area contributed by atoms with E-state index in [-0.39, 0.29) is 17.7 Å². The van der Waals surface area contributed by atoms with Crippen LogP contribution in [-0.2, 0) is 11.3 Å². The Bertz CT molecular complexity index is 718. The maximum Gasteiger partial charge on any atom is 0.262 e. The predicted molar refractivity (Wildman–Crippen MR) is 78.2 cm³/mol. The van der Waals surface area contributed by atoms with Gasteiger partial charge in [-0.2, -0.15) is 5.26 Å². The summed E-state index contributed by atoms with van der Waals surface area (Å²) in [5.74, 6) is -0.535. The molecular formula is C15H10BrFN2O2. The topological polar surface area (TPSA) is 66.0 Å². The average Bonchev–Trinajstić information content (AvgIpc) is 2.99. The molecule has 1 aromatic carbocycles. The third-order valence-electron chi connectivity index (χ3n) is 2.63. The summed E-state index contributed by atoms with van der Waals surface area (Å²) in [7, 11) is 0. The Labute approximate surface area is 129 Å². The van der Waals surface area contributed by atoms with Crippen molar-refractivity contribution >= 4 is 27.9 Å². The Balaban J connectivity index is 2.14. The second kappa shape index (κ2) is 6.86. The molecule has 1 heterocycles. The molecule has 0 unspecified atom stereocenters. The fourth-order valence-electron chi connectivity index (χ4n) is 1.61. The molecule has 6 heteroatoms. The predicted octanol–water partition coefficient (Wildman–Crippen LogP) is 3.40. The number of rotatable bonds is 4. The second-order valence-corrected chi connectivity index (χ2v) is 5.01. The van der Waals surface area contributed by atoms with E-state index in [0.717, 1.165) is 0 Å². The lowest BCUT2D eigenvalue weighted by Gasteiger charge is -2.03. The maximum absolute atomic E-state index is 13.6. The summed E-state index contributed by atoms with van der Waals surface area (Å²) in [6.07, 6.45) is 2.69. The van der Waals surface area contributed by atoms with Gasteiger partial charge in [0.1, 0.15) is 23.2 Å². The summed E-state index contributed by atoms with van der Waals surface area (Å²) in [4.78, 5) is 11.9. The summed E-state index contributed by atoms with van der Waals surface area (Å²) in [6.45, 7) is 0.159. The third kappa shape index (κ3) is 4.04. The Morgan fingerprint density at radius 3 is 2.95 bits per heavy atom. The second-order valence-electron chi connectivity index (χ2n) is 4.10. The number of benzene rings is 1. The van der Waals surface area contributed by atoms with Crippen LogP contribution in [0.2, 0.25) is 0 Å². The minimum atomic E-state index is -0.590. The van der Waals surface area contributed by atoms with Gasteiger partial charge in [-0.1, -0.05) is 15.9 Å². The minimum absolute atomic E-state index is 0.159. The zero-order valence-electron chi connectivity index (χ0n) is 10.8. The number of furan rings is 1. The molecule has 0 radical (unpaired) electrons. The zero-order chi connectivity index (χ0) is 15.2. The molecule has 1 amide bonds. The number of halogens is 2. The van der Waals surface area contributed by atoms with Crippen molar-refractivity contribution in [1.29, 1.82) is 5.26 Å². The van der Waals surface area contributed by atoms with Crippen LogP contribution in [0.3, 0.4) is 0 Å². The SMILES string of the molecule is N#C/C(=C\c1cc(Br)ccc1F)C(=O)NCc1ccco1. The fourth-order valence-corrected chi connectivity index (χ4v) is 1.98. The van der Waals surface area contributed by atoms with E-state index in [4.69, 9.17) is 9.68 Å². The van der Waals surface area contributed by atoms with Crippen LogP contribution in [0, 0.1) is 17.1 Å². The van der Waals surface area contributed by atoms with E-state index in [1.54, 1.807) is 18.2 Å². The molecule has 1 N–H and O–H groups in total. The molecule has 0 saturated heterocycles. The number of hydrogen-bond acceptors (Lipinski definition) is 3. The van der Waals surface area contributed by atoms with Crippen molar-refractivity contribution in [2.45, 2.75) is 6.54 Å². The van der Waals surface area contributed by atoms with Crippen LogP contribution >= 0.6 is 15.9 Å². The van der Waals surface area contributed by atoms with Crippen LogP contribution in [0.15, 0.2) is 51.1 Å². The Kier molecular flexibility index (Phi) is 4.90. The lowest BCUT2D eigenvalue weighted by molar-refractivity contribution is -0.117. The highest BCUT2D eigenvalue weighted by molar-refractivity contribution is 9.10. The van der Waals surface area contributed by atoms with E-state index in [9.17, 15) is 9.18 Å². The molecule has 21 heavy (non-hydrogen) atoms. The van der Waals surface area contributed by atoms with Crippen molar-refractivity contribution in [3.63, 3.8) is 0 Å². The van der Waals surface area contributed by atoms with Gasteiger partial charge < -0.3 is 9.73 Å². The average molecular weight is 349 g/mol. The Morgan fingerprint density at radius 2 is 2.29 bits per heavy atom. The van der Waals surface area contributed by atoms with Gasteiger partial charge in [0.05, 0.1) is 12.8 Å². The van der Waals surface area contributed by atoms with Gasteiger partial charge in [0, 0.05) is 10.0 Å². The number of carbonyl (C=O) groups is 1. The van der Waals surface area contributed by atoms with E-state index in [1.165, 1.54) is 30.5 Å². The smallest absolute Gasteiger partial charge is 0.262 e. The molecule has 1 aromatic heterocycles. The molecule has 0 aliphatic carbocycles. The molecule has 0 atom stereocenters. The van der Waals surface area contributed by atoms with E-state index in [2.05, 4.69) is 21.2 Å². The molecule has 0 aliphatic rings. The first-order valence-corrected chi connectivity index (χ1v) is 6.77. The van der Waals surface area contributed by atoms with Gasteiger partial charge in [-0.15, -0.1) is 0 Å². The first-order valence-electron chi connectivity index (χ1n) is 5.97. The van der Waals surface area contributed by atoms with Gasteiger partial charge >= 0.3 is 0 Å². The molecule has 0 fully saturated rings. The number of nitriles is 1. The quantitative estimate of drug-likeness (QED) is 0.680. The number of hydrogen-bond donors (Lipinski definition) is 1. The summed E-state index contributed by atoms with van der Waals surface area (Å²) < 4.78 is 19.3. The molecule has 4 nitrogen and oxygen atoms in total. The number of nitrogens with zero attached hydrogens (tertiary/aromatic N) is 1. The van der Waals surface area contributed by atoms with Crippen LogP contribution < -0.4 is 5.32 Å². The number of amides is 1. The monoisotopic (exact) mass is 348 g/mol. The van der Waals surface area contributed by atoms with Gasteiger partial charge in [0.25, 0.3) is 5.91 Å². The van der Waals surface area contributed by atoms with Crippen molar-refractivity contribution in [3.05, 3.63) is 63.8 Å². The van der Waals surface area contributed by atoms with Crippen molar-refractivity contribution in [2.75, 3.05) is 0 Å². The molecule has 2 aromatic rings. The normalized spacial score (nSPS) is 11.0. The van der Waals surface area contributed by atoms with Crippen molar-refractivity contribution < 1.29 is 13.6 Å². The van der Waals surface area contributed by atoms with Crippen LogP contribution in [0.4, 0.5) is 4.39 Å². The maximum atomic E-state index is 13.6. The lowest BCUT2D eigenvalue weighted by Crippen LogP contribution is -2.23. The summed E-state index contributed by atoms with van der Waals surface area (Å²) >= 11 is 3.21. The third-order valence-corrected chi connectivity index (χ3v) is 3.12. The first kappa shape index (κ1) is 15.0. The minimum Gasteiger partial charge on any atom is -0.467 e. The van der Waals surface area contributed by atoms with Crippen molar-refractivity contribution in [1.82, 2.24) is 5.32 Å². The zero-order valence-corrected chi connectivity index (χ0v) is 12.4. The molecule has 0 saturated carbocycles. The molecular weight excluding hydrogens is 339 g/mol. The molecule has 0 spiro atoms. The van der Waals surface area contributed by atoms with E-state index in [0.29, 0.717) is 10.2 Å². The van der Waals surface area contributed by atoms with E-state index >= 15 is 0 Å².